The van der Waals surface area contributed by atoms with Gasteiger partial charge in [-0.2, -0.15) is 0 Å². The van der Waals surface area contributed by atoms with Gasteiger partial charge in [-0.25, -0.2) is 4.79 Å². The Balaban J connectivity index is 2.31. The lowest BCUT2D eigenvalue weighted by molar-refractivity contribution is -0.147. The molecule has 0 aliphatic carbocycles. The first-order valence-electron chi connectivity index (χ1n) is 6.13. The molecule has 104 valence electrons. The molecule has 0 saturated carbocycles. The van der Waals surface area contributed by atoms with Gasteiger partial charge in [0.15, 0.2) is 6.04 Å². The van der Waals surface area contributed by atoms with Gasteiger partial charge >= 0.3 is 5.97 Å². The monoisotopic (exact) mass is 268 g/mol. The van der Waals surface area contributed by atoms with Crippen LogP contribution in [-0.4, -0.2) is 52.8 Å². The van der Waals surface area contributed by atoms with Crippen molar-refractivity contribution in [3.05, 3.63) is 17.0 Å². The predicted molar refractivity (Wildman–Crippen MR) is 63.9 cm³/mol. The van der Waals surface area contributed by atoms with Crippen molar-refractivity contribution >= 4 is 11.9 Å². The van der Waals surface area contributed by atoms with Gasteiger partial charge in [0.1, 0.15) is 11.3 Å². The summed E-state index contributed by atoms with van der Waals surface area (Å²) in [7, 11) is 0. The van der Waals surface area contributed by atoms with Crippen LogP contribution in [0.2, 0.25) is 0 Å². The maximum atomic E-state index is 12.5. The number of carbonyl (C=O) groups excluding carboxylic acids is 1. The highest BCUT2D eigenvalue weighted by molar-refractivity contribution is 5.98. The van der Waals surface area contributed by atoms with Crippen LogP contribution in [-0.2, 0) is 16.0 Å². The second kappa shape index (κ2) is 5.40. The molecule has 0 aromatic carbocycles. The van der Waals surface area contributed by atoms with Gasteiger partial charge in [-0.05, 0) is 13.3 Å². The van der Waals surface area contributed by atoms with Gasteiger partial charge in [-0.1, -0.05) is 12.1 Å². The number of amides is 1. The first kappa shape index (κ1) is 13.5. The Bertz CT molecular complexity index is 496. The van der Waals surface area contributed by atoms with E-state index in [2.05, 4.69) is 5.16 Å². The zero-order valence-electron chi connectivity index (χ0n) is 10.9. The van der Waals surface area contributed by atoms with Crippen molar-refractivity contribution < 1.29 is 24.0 Å². The van der Waals surface area contributed by atoms with Crippen LogP contribution in [0, 0.1) is 6.92 Å². The molecule has 2 heterocycles. The summed E-state index contributed by atoms with van der Waals surface area (Å²) in [5.41, 5.74) is 0.925. The minimum Gasteiger partial charge on any atom is -0.480 e. The van der Waals surface area contributed by atoms with Gasteiger partial charge < -0.3 is 19.3 Å². The zero-order valence-corrected chi connectivity index (χ0v) is 10.9. The van der Waals surface area contributed by atoms with E-state index in [4.69, 9.17) is 14.4 Å². The van der Waals surface area contributed by atoms with E-state index in [9.17, 15) is 9.59 Å². The fourth-order valence-electron chi connectivity index (χ4n) is 2.13. The van der Waals surface area contributed by atoms with E-state index in [0.717, 1.165) is 0 Å². The largest absolute Gasteiger partial charge is 0.480 e. The maximum absolute atomic E-state index is 12.5. The average Bonchev–Trinajstić information content (AvgIpc) is 2.79. The number of carboxylic acid groups (broad SMARTS) is 1. The molecule has 0 bridgehead atoms. The van der Waals surface area contributed by atoms with E-state index in [1.807, 2.05) is 6.92 Å². The SMILES string of the molecule is CCc1noc(C)c1C(=O)N1CCOCC1C(=O)O. The third-order valence-electron chi connectivity index (χ3n) is 3.16. The maximum Gasteiger partial charge on any atom is 0.328 e. The Morgan fingerprint density at radius 1 is 1.53 bits per heavy atom. The van der Waals surface area contributed by atoms with E-state index < -0.39 is 12.0 Å². The third kappa shape index (κ3) is 2.46. The van der Waals surface area contributed by atoms with Crippen LogP contribution >= 0.6 is 0 Å². The van der Waals surface area contributed by atoms with Gasteiger partial charge in [-0.3, -0.25) is 4.79 Å². The Hall–Kier alpha value is -1.89. The Labute approximate surface area is 110 Å². The second-order valence-corrected chi connectivity index (χ2v) is 4.34. The number of rotatable bonds is 3. The van der Waals surface area contributed by atoms with Crippen molar-refractivity contribution in [2.24, 2.45) is 0 Å². The molecule has 1 aliphatic heterocycles. The molecule has 1 aromatic heterocycles. The number of morpholine rings is 1. The number of hydrogen-bond acceptors (Lipinski definition) is 5. The van der Waals surface area contributed by atoms with Crippen LogP contribution in [0.15, 0.2) is 4.52 Å². The summed E-state index contributed by atoms with van der Waals surface area (Å²) in [6, 6.07) is -0.958. The minimum atomic E-state index is -1.07. The summed E-state index contributed by atoms with van der Waals surface area (Å²) < 4.78 is 10.1. The third-order valence-corrected chi connectivity index (χ3v) is 3.16. The number of ether oxygens (including phenoxy) is 1. The van der Waals surface area contributed by atoms with Gasteiger partial charge in [0, 0.05) is 6.54 Å². The van der Waals surface area contributed by atoms with Crippen molar-refractivity contribution in [2.75, 3.05) is 19.8 Å². The number of carboxylic acids is 1. The van der Waals surface area contributed by atoms with E-state index in [0.29, 0.717) is 30.0 Å². The van der Waals surface area contributed by atoms with Crippen LogP contribution < -0.4 is 0 Å². The number of carbonyl (C=O) groups is 2. The molecule has 2 rings (SSSR count). The molecule has 19 heavy (non-hydrogen) atoms. The van der Waals surface area contributed by atoms with Crippen LogP contribution in [0.3, 0.4) is 0 Å². The smallest absolute Gasteiger partial charge is 0.328 e. The Morgan fingerprint density at radius 3 is 2.89 bits per heavy atom. The molecule has 1 aliphatic rings. The highest BCUT2D eigenvalue weighted by Crippen LogP contribution is 2.19. The van der Waals surface area contributed by atoms with Gasteiger partial charge in [0.2, 0.25) is 0 Å². The summed E-state index contributed by atoms with van der Waals surface area (Å²) in [6.45, 7) is 4.11. The predicted octanol–water partition coefficient (Wildman–Crippen LogP) is 0.471. The molecule has 1 amide bonds. The zero-order chi connectivity index (χ0) is 14.0. The molecule has 0 spiro atoms. The van der Waals surface area contributed by atoms with Crippen LogP contribution in [0.1, 0.15) is 28.7 Å². The lowest BCUT2D eigenvalue weighted by atomic mass is 10.1. The van der Waals surface area contributed by atoms with E-state index in [1.165, 1.54) is 4.90 Å². The molecule has 1 saturated heterocycles. The van der Waals surface area contributed by atoms with E-state index in [-0.39, 0.29) is 19.1 Å². The summed E-state index contributed by atoms with van der Waals surface area (Å²) in [4.78, 5) is 25.0. The first-order chi connectivity index (χ1) is 9.06. The summed E-state index contributed by atoms with van der Waals surface area (Å²) in [6.07, 6.45) is 0.556. The molecule has 1 fully saturated rings. The summed E-state index contributed by atoms with van der Waals surface area (Å²) in [5.74, 6) is -1.01. The molecule has 1 N–H and O–H groups in total. The molecule has 1 atom stereocenters. The standard InChI is InChI=1S/C12H16N2O5/c1-3-8-10(7(2)19-13-8)11(15)14-4-5-18-6-9(14)12(16)17/h9H,3-6H2,1-2H3,(H,16,17). The van der Waals surface area contributed by atoms with Crippen molar-refractivity contribution in [3.63, 3.8) is 0 Å². The fraction of sp³-hybridized carbons (Fsp3) is 0.583. The van der Waals surface area contributed by atoms with Crippen molar-refractivity contribution in [1.29, 1.82) is 0 Å². The van der Waals surface area contributed by atoms with Gasteiger partial charge in [0.05, 0.1) is 18.9 Å². The molecule has 7 nitrogen and oxygen atoms in total. The number of nitrogens with zero attached hydrogens (tertiary/aromatic N) is 2. The highest BCUT2D eigenvalue weighted by Gasteiger charge is 2.35. The molecule has 1 aromatic rings. The highest BCUT2D eigenvalue weighted by atomic mass is 16.5. The minimum absolute atomic E-state index is 0.00680. The van der Waals surface area contributed by atoms with Gasteiger partial charge in [0.25, 0.3) is 5.91 Å². The number of aromatic nitrogens is 1. The van der Waals surface area contributed by atoms with Crippen molar-refractivity contribution in [1.82, 2.24) is 10.1 Å². The molecule has 1 unspecified atom stereocenters. The van der Waals surface area contributed by atoms with Crippen LogP contribution in [0.25, 0.3) is 0 Å². The van der Waals surface area contributed by atoms with Crippen LogP contribution in [0.5, 0.6) is 0 Å². The topological polar surface area (TPSA) is 92.9 Å². The lowest BCUT2D eigenvalue weighted by Gasteiger charge is -2.32. The number of aliphatic carboxylic acids is 1. The molecular weight excluding hydrogens is 252 g/mol. The Morgan fingerprint density at radius 2 is 2.26 bits per heavy atom. The quantitative estimate of drug-likeness (QED) is 0.856. The van der Waals surface area contributed by atoms with Gasteiger partial charge in [-0.15, -0.1) is 0 Å². The molecule has 0 radical (unpaired) electrons. The lowest BCUT2D eigenvalue weighted by Crippen LogP contribution is -2.52. The number of aryl methyl sites for hydroxylation is 2. The normalized spacial score (nSPS) is 19.5. The van der Waals surface area contributed by atoms with E-state index >= 15 is 0 Å². The number of hydrogen-bond donors (Lipinski definition) is 1. The summed E-state index contributed by atoms with van der Waals surface area (Å²) >= 11 is 0. The summed E-state index contributed by atoms with van der Waals surface area (Å²) in [5, 5.41) is 13.0. The second-order valence-electron chi connectivity index (χ2n) is 4.34. The van der Waals surface area contributed by atoms with E-state index in [1.54, 1.807) is 6.92 Å². The Kier molecular flexibility index (Phi) is 3.84. The molecular formula is C12H16N2O5. The van der Waals surface area contributed by atoms with Crippen LogP contribution in [0.4, 0.5) is 0 Å². The van der Waals surface area contributed by atoms with Crippen molar-refractivity contribution in [2.45, 2.75) is 26.3 Å². The molecule has 7 heteroatoms. The average molecular weight is 268 g/mol. The van der Waals surface area contributed by atoms with Crippen molar-refractivity contribution in [3.8, 4) is 0 Å². The fourth-order valence-corrected chi connectivity index (χ4v) is 2.13. The first-order valence-corrected chi connectivity index (χ1v) is 6.13.